The van der Waals surface area contributed by atoms with Crippen molar-refractivity contribution in [3.63, 3.8) is 0 Å². The van der Waals surface area contributed by atoms with Crippen LogP contribution in [0.4, 0.5) is 11.5 Å². The lowest BCUT2D eigenvalue weighted by molar-refractivity contribution is -0.122. The fourth-order valence-electron chi connectivity index (χ4n) is 1.86. The van der Waals surface area contributed by atoms with E-state index in [1.165, 1.54) is 6.07 Å². The third kappa shape index (κ3) is 2.76. The molecule has 0 saturated heterocycles. The number of hydrogen-bond acceptors (Lipinski definition) is 5. The quantitative estimate of drug-likeness (QED) is 0.857. The maximum absolute atomic E-state index is 11.8. The molecule has 100 valence electrons. The first-order valence-electron chi connectivity index (χ1n) is 6.30. The fraction of sp³-hybridized carbons (Fsp3) is 0.462. The van der Waals surface area contributed by atoms with Gasteiger partial charge in [-0.05, 0) is 19.8 Å². The van der Waals surface area contributed by atoms with Gasteiger partial charge in [-0.3, -0.25) is 4.79 Å². The SMILES string of the molecule is CCOc1nc(NC(=O)C2CCC2)cc(N)c1C#N. The zero-order chi connectivity index (χ0) is 13.8. The second kappa shape index (κ2) is 5.57. The van der Waals surface area contributed by atoms with Crippen molar-refractivity contribution in [2.45, 2.75) is 26.2 Å². The molecule has 0 bridgehead atoms. The highest BCUT2D eigenvalue weighted by molar-refractivity contribution is 5.92. The molecule has 3 N–H and O–H groups in total. The largest absolute Gasteiger partial charge is 0.477 e. The fourth-order valence-corrected chi connectivity index (χ4v) is 1.86. The number of carbonyl (C=O) groups is 1. The summed E-state index contributed by atoms with van der Waals surface area (Å²) in [6, 6.07) is 3.43. The summed E-state index contributed by atoms with van der Waals surface area (Å²) in [5.74, 6) is 0.505. The zero-order valence-electron chi connectivity index (χ0n) is 10.8. The first-order valence-corrected chi connectivity index (χ1v) is 6.30. The Labute approximate surface area is 111 Å². The molecule has 1 fully saturated rings. The van der Waals surface area contributed by atoms with Gasteiger partial charge < -0.3 is 15.8 Å². The van der Waals surface area contributed by atoms with Gasteiger partial charge in [-0.25, -0.2) is 0 Å². The van der Waals surface area contributed by atoms with Crippen LogP contribution in [0.3, 0.4) is 0 Å². The van der Waals surface area contributed by atoms with Crippen LogP contribution in [-0.2, 0) is 4.79 Å². The number of ether oxygens (including phenoxy) is 1. The van der Waals surface area contributed by atoms with Gasteiger partial charge in [-0.2, -0.15) is 10.2 Å². The molecule has 6 heteroatoms. The maximum Gasteiger partial charge on any atom is 0.235 e. The molecule has 0 atom stereocenters. The molecule has 0 aliphatic heterocycles. The van der Waals surface area contributed by atoms with Gasteiger partial charge in [0.1, 0.15) is 17.5 Å². The number of nitrogens with zero attached hydrogens (tertiary/aromatic N) is 2. The first-order chi connectivity index (χ1) is 9.15. The summed E-state index contributed by atoms with van der Waals surface area (Å²) in [5.41, 5.74) is 6.22. The summed E-state index contributed by atoms with van der Waals surface area (Å²) in [5, 5.41) is 11.7. The molecule has 1 aromatic rings. The molecule has 1 aromatic heterocycles. The van der Waals surface area contributed by atoms with Crippen molar-refractivity contribution in [3.8, 4) is 11.9 Å². The Balaban J connectivity index is 2.21. The highest BCUT2D eigenvalue weighted by atomic mass is 16.5. The number of rotatable bonds is 4. The van der Waals surface area contributed by atoms with Gasteiger partial charge in [0.05, 0.1) is 12.3 Å². The summed E-state index contributed by atoms with van der Waals surface area (Å²) in [4.78, 5) is 16.0. The standard InChI is InChI=1S/C13H16N4O2/c1-2-19-13-9(7-14)10(15)6-11(17-13)16-12(18)8-4-3-5-8/h6,8H,2-5H2,1H3,(H3,15,16,17,18). The van der Waals surface area contributed by atoms with E-state index in [2.05, 4.69) is 10.3 Å². The summed E-state index contributed by atoms with van der Waals surface area (Å²) < 4.78 is 5.27. The van der Waals surface area contributed by atoms with E-state index in [1.54, 1.807) is 6.92 Å². The predicted molar refractivity (Wildman–Crippen MR) is 70.5 cm³/mol. The van der Waals surface area contributed by atoms with Crippen LogP contribution in [0.5, 0.6) is 5.88 Å². The van der Waals surface area contributed by atoms with Gasteiger partial charge >= 0.3 is 0 Å². The first kappa shape index (κ1) is 13.1. The average Bonchev–Trinajstić information content (AvgIpc) is 2.26. The van der Waals surface area contributed by atoms with Gasteiger partial charge in [-0.15, -0.1) is 0 Å². The highest BCUT2D eigenvalue weighted by Crippen LogP contribution is 2.29. The van der Waals surface area contributed by atoms with Gasteiger partial charge in [0, 0.05) is 12.0 Å². The van der Waals surface area contributed by atoms with Crippen molar-refractivity contribution in [3.05, 3.63) is 11.6 Å². The lowest BCUT2D eigenvalue weighted by Crippen LogP contribution is -2.28. The zero-order valence-corrected chi connectivity index (χ0v) is 10.8. The number of carbonyl (C=O) groups excluding carboxylic acids is 1. The molecule has 1 saturated carbocycles. The summed E-state index contributed by atoms with van der Waals surface area (Å²) in [6.07, 6.45) is 2.91. The molecule has 1 aliphatic rings. The molecule has 19 heavy (non-hydrogen) atoms. The van der Waals surface area contributed by atoms with E-state index in [4.69, 9.17) is 15.7 Å². The van der Waals surface area contributed by atoms with Crippen LogP contribution in [0.15, 0.2) is 6.07 Å². The molecular weight excluding hydrogens is 244 g/mol. The third-order valence-electron chi connectivity index (χ3n) is 3.14. The van der Waals surface area contributed by atoms with E-state index in [1.807, 2.05) is 6.07 Å². The smallest absolute Gasteiger partial charge is 0.235 e. The van der Waals surface area contributed by atoms with E-state index in [9.17, 15) is 4.79 Å². The van der Waals surface area contributed by atoms with E-state index in [-0.39, 0.29) is 29.0 Å². The Hall–Kier alpha value is -2.29. The van der Waals surface area contributed by atoms with Gasteiger partial charge in [0.15, 0.2) is 0 Å². The van der Waals surface area contributed by atoms with E-state index in [0.717, 1.165) is 19.3 Å². The Morgan fingerprint density at radius 3 is 2.95 bits per heavy atom. The van der Waals surface area contributed by atoms with Gasteiger partial charge in [0.2, 0.25) is 11.8 Å². The Bertz CT molecular complexity index is 532. The number of anilines is 2. The second-order valence-electron chi connectivity index (χ2n) is 4.44. The van der Waals surface area contributed by atoms with Crippen molar-refractivity contribution in [1.29, 1.82) is 5.26 Å². The van der Waals surface area contributed by atoms with E-state index >= 15 is 0 Å². The van der Waals surface area contributed by atoms with Crippen molar-refractivity contribution in [2.75, 3.05) is 17.7 Å². The molecule has 6 nitrogen and oxygen atoms in total. The Morgan fingerprint density at radius 1 is 1.68 bits per heavy atom. The third-order valence-corrected chi connectivity index (χ3v) is 3.14. The van der Waals surface area contributed by atoms with Crippen LogP contribution in [0, 0.1) is 17.2 Å². The number of hydrogen-bond donors (Lipinski definition) is 2. The number of nitrogens with two attached hydrogens (primary N) is 1. The van der Waals surface area contributed by atoms with Crippen LogP contribution < -0.4 is 15.8 Å². The van der Waals surface area contributed by atoms with E-state index in [0.29, 0.717) is 12.4 Å². The summed E-state index contributed by atoms with van der Waals surface area (Å²) >= 11 is 0. The molecule has 2 rings (SSSR count). The number of nitriles is 1. The minimum Gasteiger partial charge on any atom is -0.477 e. The lowest BCUT2D eigenvalue weighted by atomic mass is 9.85. The molecule has 0 radical (unpaired) electrons. The second-order valence-corrected chi connectivity index (χ2v) is 4.44. The number of pyridine rings is 1. The number of amides is 1. The predicted octanol–water partition coefficient (Wildman–Crippen LogP) is 1.67. The van der Waals surface area contributed by atoms with Gasteiger partial charge in [-0.1, -0.05) is 6.42 Å². The number of aromatic nitrogens is 1. The minimum absolute atomic E-state index is 0.0506. The van der Waals surface area contributed by atoms with Crippen LogP contribution in [0.1, 0.15) is 31.7 Å². The number of nitrogen functional groups attached to an aromatic ring is 1. The monoisotopic (exact) mass is 260 g/mol. The summed E-state index contributed by atoms with van der Waals surface area (Å²) in [6.45, 7) is 2.17. The molecule has 0 unspecified atom stereocenters. The van der Waals surface area contributed by atoms with E-state index < -0.39 is 0 Å². The van der Waals surface area contributed by atoms with Crippen LogP contribution in [0.25, 0.3) is 0 Å². The van der Waals surface area contributed by atoms with Gasteiger partial charge in [0.25, 0.3) is 0 Å². The average molecular weight is 260 g/mol. The molecule has 0 aromatic carbocycles. The van der Waals surface area contributed by atoms with Crippen molar-refractivity contribution < 1.29 is 9.53 Å². The van der Waals surface area contributed by atoms with Crippen LogP contribution in [0.2, 0.25) is 0 Å². The molecule has 1 heterocycles. The molecular formula is C13H16N4O2. The van der Waals surface area contributed by atoms with Crippen molar-refractivity contribution in [1.82, 2.24) is 4.98 Å². The number of nitrogens with one attached hydrogen (secondary N) is 1. The maximum atomic E-state index is 11.8. The van der Waals surface area contributed by atoms with Crippen LogP contribution in [-0.4, -0.2) is 17.5 Å². The Morgan fingerprint density at radius 2 is 2.42 bits per heavy atom. The molecule has 0 spiro atoms. The molecule has 1 amide bonds. The van der Waals surface area contributed by atoms with Crippen LogP contribution >= 0.6 is 0 Å². The highest BCUT2D eigenvalue weighted by Gasteiger charge is 2.25. The topological polar surface area (TPSA) is 101 Å². The van der Waals surface area contributed by atoms with Crippen molar-refractivity contribution >= 4 is 17.4 Å². The normalized spacial score (nSPS) is 14.3. The molecule has 1 aliphatic carbocycles. The lowest BCUT2D eigenvalue weighted by Gasteiger charge is -2.23. The van der Waals surface area contributed by atoms with Crippen molar-refractivity contribution in [2.24, 2.45) is 5.92 Å². The Kier molecular flexibility index (Phi) is 3.85. The summed E-state index contributed by atoms with van der Waals surface area (Å²) in [7, 11) is 0. The minimum atomic E-state index is -0.0506.